The smallest absolute Gasteiger partial charge is 0.341 e. The molecule has 1 heterocycles. The summed E-state index contributed by atoms with van der Waals surface area (Å²) >= 11 is 0. The van der Waals surface area contributed by atoms with E-state index < -0.39 is 0 Å². The zero-order chi connectivity index (χ0) is 13.1. The maximum atomic E-state index is 11.8. The Kier molecular flexibility index (Phi) is 3.46. The van der Waals surface area contributed by atoms with E-state index in [-0.39, 0.29) is 5.97 Å². The number of hydrogen-bond donors (Lipinski definition) is 0. The monoisotopic (exact) mass is 244 g/mol. The summed E-state index contributed by atoms with van der Waals surface area (Å²) in [5.74, 6) is -0.327. The van der Waals surface area contributed by atoms with Crippen LogP contribution in [0.4, 0.5) is 0 Å². The average molecular weight is 244 g/mol. The first-order chi connectivity index (χ1) is 8.63. The van der Waals surface area contributed by atoms with Crippen LogP contribution in [0, 0.1) is 6.92 Å². The fraction of sp³-hybridized carbons (Fsp3) is 0.286. The number of hydrogen-bond acceptors (Lipinski definition) is 3. The van der Waals surface area contributed by atoms with Crippen LogP contribution in [0.5, 0.6) is 0 Å². The first-order valence-corrected chi connectivity index (χ1v) is 5.78. The van der Waals surface area contributed by atoms with Gasteiger partial charge in [0.15, 0.2) is 0 Å². The summed E-state index contributed by atoms with van der Waals surface area (Å²) in [5, 5.41) is 4.29. The van der Waals surface area contributed by atoms with Crippen LogP contribution in [0.25, 0.3) is 0 Å². The zero-order valence-corrected chi connectivity index (χ0v) is 10.8. The van der Waals surface area contributed by atoms with E-state index in [0.29, 0.717) is 17.7 Å². The van der Waals surface area contributed by atoms with Crippen molar-refractivity contribution in [2.24, 2.45) is 7.05 Å². The summed E-state index contributed by atoms with van der Waals surface area (Å²) in [7, 11) is 3.23. The number of esters is 1. The molecule has 1 aromatic carbocycles. The Morgan fingerprint density at radius 2 is 2.00 bits per heavy atom. The first kappa shape index (κ1) is 12.4. The van der Waals surface area contributed by atoms with Crippen LogP contribution in [-0.4, -0.2) is 22.9 Å². The lowest BCUT2D eigenvalue weighted by Crippen LogP contribution is -2.08. The fourth-order valence-corrected chi connectivity index (χ4v) is 2.07. The summed E-state index contributed by atoms with van der Waals surface area (Å²) in [6, 6.07) is 10.00. The fourth-order valence-electron chi connectivity index (χ4n) is 2.07. The predicted octanol–water partition coefficient (Wildman–Crippen LogP) is 2.11. The van der Waals surface area contributed by atoms with Crippen LogP contribution in [0.2, 0.25) is 0 Å². The Morgan fingerprint density at radius 3 is 2.61 bits per heavy atom. The summed E-state index contributed by atoms with van der Waals surface area (Å²) < 4.78 is 6.56. The van der Waals surface area contributed by atoms with Gasteiger partial charge in [-0.3, -0.25) is 4.68 Å². The molecule has 0 aliphatic heterocycles. The third-order valence-corrected chi connectivity index (χ3v) is 2.94. The third kappa shape index (κ3) is 2.27. The van der Waals surface area contributed by atoms with Crippen molar-refractivity contribution >= 4 is 5.97 Å². The van der Waals surface area contributed by atoms with E-state index in [4.69, 9.17) is 4.74 Å². The number of rotatable bonds is 3. The van der Waals surface area contributed by atoms with Crippen molar-refractivity contribution in [1.82, 2.24) is 9.78 Å². The Balaban J connectivity index is 2.41. The molecule has 0 bridgehead atoms. The van der Waals surface area contributed by atoms with Crippen LogP contribution >= 0.6 is 0 Å². The molecule has 1 aromatic heterocycles. The second-order valence-corrected chi connectivity index (χ2v) is 4.18. The van der Waals surface area contributed by atoms with E-state index in [1.54, 1.807) is 4.68 Å². The summed E-state index contributed by atoms with van der Waals surface area (Å²) in [4.78, 5) is 11.8. The minimum Gasteiger partial charge on any atom is -0.465 e. The van der Waals surface area contributed by atoms with E-state index >= 15 is 0 Å². The second-order valence-electron chi connectivity index (χ2n) is 4.18. The number of benzene rings is 1. The quantitative estimate of drug-likeness (QED) is 0.777. The standard InChI is InChI=1S/C14H16N2O2/c1-10-13(14(17)18-3)12(16(2)15-10)9-11-7-5-4-6-8-11/h4-8H,9H2,1-3H3. The molecule has 0 spiro atoms. The largest absolute Gasteiger partial charge is 0.465 e. The molecule has 0 atom stereocenters. The van der Waals surface area contributed by atoms with Gasteiger partial charge in [0, 0.05) is 13.5 Å². The Hall–Kier alpha value is -2.10. The maximum Gasteiger partial charge on any atom is 0.341 e. The van der Waals surface area contributed by atoms with Crippen LogP contribution in [0.15, 0.2) is 30.3 Å². The number of nitrogens with zero attached hydrogens (tertiary/aromatic N) is 2. The summed E-state index contributed by atoms with van der Waals surface area (Å²) in [6.45, 7) is 1.82. The van der Waals surface area contributed by atoms with Crippen molar-refractivity contribution in [3.05, 3.63) is 52.8 Å². The average Bonchev–Trinajstić information content (AvgIpc) is 2.65. The number of aromatic nitrogens is 2. The normalized spacial score (nSPS) is 10.4. The molecule has 0 N–H and O–H groups in total. The van der Waals surface area contributed by atoms with E-state index in [1.807, 2.05) is 44.3 Å². The van der Waals surface area contributed by atoms with Crippen LogP contribution in [0.1, 0.15) is 27.3 Å². The third-order valence-electron chi connectivity index (χ3n) is 2.94. The predicted molar refractivity (Wildman–Crippen MR) is 68.5 cm³/mol. The van der Waals surface area contributed by atoms with Gasteiger partial charge in [-0.25, -0.2) is 4.79 Å². The molecule has 2 rings (SSSR count). The van der Waals surface area contributed by atoms with Gasteiger partial charge in [0.1, 0.15) is 5.56 Å². The molecule has 0 radical (unpaired) electrons. The van der Waals surface area contributed by atoms with Crippen molar-refractivity contribution < 1.29 is 9.53 Å². The molecule has 0 fully saturated rings. The lowest BCUT2D eigenvalue weighted by Gasteiger charge is -2.05. The molecule has 0 saturated heterocycles. The summed E-state index contributed by atoms with van der Waals surface area (Å²) in [6.07, 6.45) is 0.669. The van der Waals surface area contributed by atoms with Crippen LogP contribution < -0.4 is 0 Å². The van der Waals surface area contributed by atoms with E-state index in [2.05, 4.69) is 5.10 Å². The SMILES string of the molecule is COC(=O)c1c(C)nn(C)c1Cc1ccccc1. The Bertz CT molecular complexity index is 559. The number of aryl methyl sites for hydroxylation is 2. The van der Waals surface area contributed by atoms with E-state index in [9.17, 15) is 4.79 Å². The Labute approximate surface area is 106 Å². The number of carbonyl (C=O) groups excluding carboxylic acids is 1. The van der Waals surface area contributed by atoms with E-state index in [0.717, 1.165) is 11.3 Å². The number of carbonyl (C=O) groups is 1. The molecule has 0 saturated carbocycles. The van der Waals surface area contributed by atoms with Crippen molar-refractivity contribution in [2.45, 2.75) is 13.3 Å². The molecular formula is C14H16N2O2. The summed E-state index contributed by atoms with van der Waals surface area (Å²) in [5.41, 5.74) is 3.30. The van der Waals surface area contributed by atoms with Gasteiger partial charge in [-0.2, -0.15) is 5.10 Å². The molecule has 0 aliphatic carbocycles. The molecular weight excluding hydrogens is 228 g/mol. The highest BCUT2D eigenvalue weighted by Crippen LogP contribution is 2.18. The van der Waals surface area contributed by atoms with Gasteiger partial charge < -0.3 is 4.74 Å². The van der Waals surface area contributed by atoms with Gasteiger partial charge in [0.05, 0.1) is 18.5 Å². The molecule has 0 aliphatic rings. The molecule has 4 nitrogen and oxygen atoms in total. The van der Waals surface area contributed by atoms with Crippen LogP contribution in [-0.2, 0) is 18.2 Å². The molecule has 94 valence electrons. The molecule has 4 heteroatoms. The van der Waals surface area contributed by atoms with Gasteiger partial charge in [0.2, 0.25) is 0 Å². The van der Waals surface area contributed by atoms with Gasteiger partial charge in [-0.1, -0.05) is 30.3 Å². The highest BCUT2D eigenvalue weighted by Gasteiger charge is 2.20. The molecule has 18 heavy (non-hydrogen) atoms. The maximum absolute atomic E-state index is 11.8. The van der Waals surface area contributed by atoms with Crippen molar-refractivity contribution in [3.8, 4) is 0 Å². The van der Waals surface area contributed by atoms with Gasteiger partial charge in [-0.15, -0.1) is 0 Å². The van der Waals surface area contributed by atoms with Gasteiger partial charge >= 0.3 is 5.97 Å². The van der Waals surface area contributed by atoms with Crippen molar-refractivity contribution in [1.29, 1.82) is 0 Å². The van der Waals surface area contributed by atoms with Gasteiger partial charge in [-0.05, 0) is 12.5 Å². The van der Waals surface area contributed by atoms with E-state index in [1.165, 1.54) is 7.11 Å². The lowest BCUT2D eigenvalue weighted by molar-refractivity contribution is 0.0598. The minimum atomic E-state index is -0.327. The minimum absolute atomic E-state index is 0.327. The lowest BCUT2D eigenvalue weighted by atomic mass is 10.1. The van der Waals surface area contributed by atoms with Crippen LogP contribution in [0.3, 0.4) is 0 Å². The molecule has 0 amide bonds. The highest BCUT2D eigenvalue weighted by molar-refractivity contribution is 5.92. The molecule has 2 aromatic rings. The zero-order valence-electron chi connectivity index (χ0n) is 10.8. The van der Waals surface area contributed by atoms with Crippen molar-refractivity contribution in [3.63, 3.8) is 0 Å². The highest BCUT2D eigenvalue weighted by atomic mass is 16.5. The van der Waals surface area contributed by atoms with Gasteiger partial charge in [0.25, 0.3) is 0 Å². The first-order valence-electron chi connectivity index (χ1n) is 5.78. The topological polar surface area (TPSA) is 44.1 Å². The number of methoxy groups -OCH3 is 1. The second kappa shape index (κ2) is 5.04. The molecule has 0 unspecified atom stereocenters. The number of ether oxygens (including phenoxy) is 1. The van der Waals surface area contributed by atoms with Crippen molar-refractivity contribution in [2.75, 3.05) is 7.11 Å². The Morgan fingerprint density at radius 1 is 1.33 bits per heavy atom.